The molecule has 2 aliphatic rings. The zero-order valence-electron chi connectivity index (χ0n) is 16.3. The van der Waals surface area contributed by atoms with Crippen LogP contribution in [0.2, 0.25) is 0 Å². The third-order valence-electron chi connectivity index (χ3n) is 5.34. The van der Waals surface area contributed by atoms with Gasteiger partial charge in [0, 0.05) is 25.6 Å². The maximum atomic E-state index is 4.77. The van der Waals surface area contributed by atoms with Gasteiger partial charge in [0.25, 0.3) is 0 Å². The number of nitrogens with zero attached hydrogens (tertiary/aromatic N) is 5. The smallest absolute Gasteiger partial charge is 0.191 e. The molecular formula is C19H35N7. The van der Waals surface area contributed by atoms with E-state index >= 15 is 0 Å². The quantitative estimate of drug-likeness (QED) is 0.420. The highest BCUT2D eigenvalue weighted by Crippen LogP contribution is 2.11. The lowest BCUT2D eigenvalue weighted by Gasteiger charge is -2.26. The third-order valence-corrected chi connectivity index (χ3v) is 5.34. The lowest BCUT2D eigenvalue weighted by molar-refractivity contribution is 0.224. The number of guanidine groups is 1. The molecule has 7 nitrogen and oxygen atoms in total. The SMILES string of the molecule is CCNC(=NCCCCCN1CCCCC1)NC1CCc2ncnn2C1. The number of aromatic nitrogens is 3. The van der Waals surface area contributed by atoms with E-state index in [1.165, 1.54) is 58.2 Å². The van der Waals surface area contributed by atoms with E-state index in [1.807, 2.05) is 4.68 Å². The van der Waals surface area contributed by atoms with Gasteiger partial charge in [0.15, 0.2) is 5.96 Å². The number of piperidine rings is 1. The van der Waals surface area contributed by atoms with E-state index in [9.17, 15) is 0 Å². The highest BCUT2D eigenvalue weighted by Gasteiger charge is 2.20. The van der Waals surface area contributed by atoms with Gasteiger partial charge in [-0.3, -0.25) is 4.99 Å². The number of fused-ring (bicyclic) bond motifs is 1. The Balaban J connectivity index is 1.34. The van der Waals surface area contributed by atoms with E-state index in [2.05, 4.69) is 32.5 Å². The molecule has 7 heteroatoms. The molecule has 1 saturated heterocycles. The Kier molecular flexibility index (Phi) is 7.73. The monoisotopic (exact) mass is 361 g/mol. The molecule has 0 amide bonds. The van der Waals surface area contributed by atoms with Gasteiger partial charge in [0.1, 0.15) is 12.2 Å². The van der Waals surface area contributed by atoms with Crippen molar-refractivity contribution < 1.29 is 0 Å². The molecule has 3 heterocycles. The fraction of sp³-hybridized carbons (Fsp3) is 0.842. The van der Waals surface area contributed by atoms with Gasteiger partial charge >= 0.3 is 0 Å². The molecule has 2 N–H and O–H groups in total. The minimum Gasteiger partial charge on any atom is -0.357 e. The van der Waals surface area contributed by atoms with E-state index < -0.39 is 0 Å². The van der Waals surface area contributed by atoms with Crippen LogP contribution in [0.1, 0.15) is 57.7 Å². The van der Waals surface area contributed by atoms with Crippen LogP contribution in [0.5, 0.6) is 0 Å². The Hall–Kier alpha value is -1.63. The van der Waals surface area contributed by atoms with Gasteiger partial charge in [-0.25, -0.2) is 9.67 Å². The fourth-order valence-corrected chi connectivity index (χ4v) is 3.87. The van der Waals surface area contributed by atoms with E-state index in [0.29, 0.717) is 6.04 Å². The van der Waals surface area contributed by atoms with Crippen LogP contribution in [0.25, 0.3) is 0 Å². The molecule has 146 valence electrons. The number of aliphatic imine (C=N–C) groups is 1. The second kappa shape index (κ2) is 10.5. The van der Waals surface area contributed by atoms with Crippen LogP contribution in [0.4, 0.5) is 0 Å². The van der Waals surface area contributed by atoms with Crippen LogP contribution in [0.3, 0.4) is 0 Å². The minimum absolute atomic E-state index is 0.376. The van der Waals surface area contributed by atoms with Gasteiger partial charge in [-0.2, -0.15) is 5.10 Å². The second-order valence-electron chi connectivity index (χ2n) is 7.46. The van der Waals surface area contributed by atoms with Crippen LogP contribution in [-0.2, 0) is 13.0 Å². The predicted molar refractivity (Wildman–Crippen MR) is 105 cm³/mol. The van der Waals surface area contributed by atoms with Crippen LogP contribution in [-0.4, -0.2) is 64.4 Å². The second-order valence-corrected chi connectivity index (χ2v) is 7.46. The topological polar surface area (TPSA) is 70.4 Å². The average Bonchev–Trinajstić information content (AvgIpc) is 3.13. The summed E-state index contributed by atoms with van der Waals surface area (Å²) in [6.07, 6.45) is 11.7. The first kappa shape index (κ1) is 19.1. The first-order chi connectivity index (χ1) is 12.8. The van der Waals surface area contributed by atoms with Gasteiger partial charge < -0.3 is 15.5 Å². The third kappa shape index (κ3) is 5.97. The average molecular weight is 362 g/mol. The van der Waals surface area contributed by atoms with Crippen LogP contribution < -0.4 is 10.6 Å². The molecule has 0 spiro atoms. The molecule has 3 rings (SSSR count). The number of hydrogen-bond acceptors (Lipinski definition) is 4. The van der Waals surface area contributed by atoms with Crippen molar-refractivity contribution in [3.05, 3.63) is 12.2 Å². The maximum Gasteiger partial charge on any atom is 0.191 e. The van der Waals surface area contributed by atoms with Crippen molar-refractivity contribution in [1.29, 1.82) is 0 Å². The summed E-state index contributed by atoms with van der Waals surface area (Å²) in [6.45, 7) is 8.66. The largest absolute Gasteiger partial charge is 0.357 e. The van der Waals surface area contributed by atoms with E-state index in [0.717, 1.165) is 44.3 Å². The highest BCUT2D eigenvalue weighted by atomic mass is 15.4. The summed E-state index contributed by atoms with van der Waals surface area (Å²) in [4.78, 5) is 11.7. The summed E-state index contributed by atoms with van der Waals surface area (Å²) < 4.78 is 2.01. The van der Waals surface area contributed by atoms with Gasteiger partial charge in [0.2, 0.25) is 0 Å². The normalized spacial score (nSPS) is 21.4. The zero-order valence-corrected chi connectivity index (χ0v) is 16.3. The van der Waals surface area contributed by atoms with Gasteiger partial charge in [0.05, 0.1) is 6.54 Å². The lowest BCUT2D eigenvalue weighted by atomic mass is 10.1. The lowest BCUT2D eigenvalue weighted by Crippen LogP contribution is -2.47. The predicted octanol–water partition coefficient (Wildman–Crippen LogP) is 1.80. The standard InChI is InChI=1S/C19H35N7/c1-2-20-19(24-17-9-10-18-22-16-23-26(18)15-17)21-11-5-3-6-12-25-13-7-4-8-14-25/h16-17H,2-15H2,1H3,(H2,20,21,24). The minimum atomic E-state index is 0.376. The molecule has 1 atom stereocenters. The molecule has 1 aromatic heterocycles. The van der Waals surface area contributed by atoms with Crippen molar-refractivity contribution in [2.75, 3.05) is 32.7 Å². The Morgan fingerprint density at radius 3 is 2.96 bits per heavy atom. The summed E-state index contributed by atoms with van der Waals surface area (Å²) in [6, 6.07) is 0.376. The first-order valence-corrected chi connectivity index (χ1v) is 10.5. The fourth-order valence-electron chi connectivity index (χ4n) is 3.87. The van der Waals surface area contributed by atoms with Crippen molar-refractivity contribution in [2.45, 2.75) is 70.9 Å². The van der Waals surface area contributed by atoms with E-state index in [4.69, 9.17) is 4.99 Å². The van der Waals surface area contributed by atoms with Crippen LogP contribution in [0.15, 0.2) is 11.3 Å². The molecule has 0 aromatic carbocycles. The molecule has 0 saturated carbocycles. The number of aryl methyl sites for hydroxylation is 1. The van der Waals surface area contributed by atoms with Crippen molar-refractivity contribution in [2.24, 2.45) is 4.99 Å². The Labute approximate surface area is 157 Å². The molecule has 1 aromatic rings. The van der Waals surface area contributed by atoms with Crippen molar-refractivity contribution in [3.63, 3.8) is 0 Å². The molecule has 1 unspecified atom stereocenters. The van der Waals surface area contributed by atoms with Crippen LogP contribution >= 0.6 is 0 Å². The summed E-state index contributed by atoms with van der Waals surface area (Å²) >= 11 is 0. The zero-order chi connectivity index (χ0) is 18.0. The number of unbranched alkanes of at least 4 members (excludes halogenated alkanes) is 2. The summed E-state index contributed by atoms with van der Waals surface area (Å²) in [5, 5.41) is 11.2. The van der Waals surface area contributed by atoms with Crippen molar-refractivity contribution in [1.82, 2.24) is 30.3 Å². The molecule has 0 bridgehead atoms. The van der Waals surface area contributed by atoms with Gasteiger partial charge in [-0.05, 0) is 58.7 Å². The summed E-state index contributed by atoms with van der Waals surface area (Å²) in [5.41, 5.74) is 0. The van der Waals surface area contributed by atoms with Crippen LogP contribution in [0, 0.1) is 0 Å². The molecule has 2 aliphatic heterocycles. The maximum absolute atomic E-state index is 4.77. The first-order valence-electron chi connectivity index (χ1n) is 10.5. The number of likely N-dealkylation sites (tertiary alicyclic amines) is 1. The Morgan fingerprint density at radius 1 is 1.23 bits per heavy atom. The molecule has 0 radical (unpaired) electrons. The molecule has 1 fully saturated rings. The summed E-state index contributed by atoms with van der Waals surface area (Å²) in [5.74, 6) is 2.04. The summed E-state index contributed by atoms with van der Waals surface area (Å²) in [7, 11) is 0. The number of nitrogens with one attached hydrogen (secondary N) is 2. The van der Waals surface area contributed by atoms with Crippen molar-refractivity contribution >= 4 is 5.96 Å². The Morgan fingerprint density at radius 2 is 2.12 bits per heavy atom. The van der Waals surface area contributed by atoms with Gasteiger partial charge in [-0.15, -0.1) is 0 Å². The van der Waals surface area contributed by atoms with E-state index in [-0.39, 0.29) is 0 Å². The van der Waals surface area contributed by atoms with Crippen molar-refractivity contribution in [3.8, 4) is 0 Å². The van der Waals surface area contributed by atoms with Gasteiger partial charge in [-0.1, -0.05) is 12.8 Å². The number of rotatable bonds is 8. The number of hydrogen-bond donors (Lipinski definition) is 2. The van der Waals surface area contributed by atoms with E-state index in [1.54, 1.807) is 6.33 Å². The molecule has 0 aliphatic carbocycles. The highest BCUT2D eigenvalue weighted by molar-refractivity contribution is 5.80. The molecule has 26 heavy (non-hydrogen) atoms. The molecular weight excluding hydrogens is 326 g/mol. The Bertz CT molecular complexity index is 548.